The molecule has 2 nitrogen and oxygen atoms in total. The lowest BCUT2D eigenvalue weighted by atomic mass is 10.1. The molecule has 0 saturated carbocycles. The summed E-state index contributed by atoms with van der Waals surface area (Å²) in [5.41, 5.74) is 11.8. The standard InChI is InChI=1S/C6H10N2S2/c7-4-3-6(8,10)2-1-5(4)9/h1-3,5,9-10H,7-8H2. The third kappa shape index (κ3) is 1.71. The van der Waals surface area contributed by atoms with Crippen molar-refractivity contribution in [3.05, 3.63) is 23.9 Å². The second kappa shape index (κ2) is 2.53. The molecule has 0 bridgehead atoms. The zero-order valence-electron chi connectivity index (χ0n) is 5.36. The maximum atomic E-state index is 5.62. The fraction of sp³-hybridized carbons (Fsp3) is 0.333. The molecule has 0 aromatic carbocycles. The maximum Gasteiger partial charge on any atom is 0.0986 e. The number of hydrogen-bond donors (Lipinski definition) is 4. The van der Waals surface area contributed by atoms with E-state index in [1.165, 1.54) is 0 Å². The van der Waals surface area contributed by atoms with Crippen molar-refractivity contribution in [2.24, 2.45) is 11.5 Å². The summed E-state index contributed by atoms with van der Waals surface area (Å²) in [7, 11) is 0. The molecule has 0 radical (unpaired) electrons. The molecule has 56 valence electrons. The van der Waals surface area contributed by atoms with Crippen molar-refractivity contribution >= 4 is 25.3 Å². The number of hydrogen-bond acceptors (Lipinski definition) is 4. The normalized spacial score (nSPS) is 39.5. The average molecular weight is 174 g/mol. The highest BCUT2D eigenvalue weighted by atomic mass is 32.1. The quantitative estimate of drug-likeness (QED) is 0.242. The Labute approximate surface area is 71.2 Å². The van der Waals surface area contributed by atoms with Crippen LogP contribution in [-0.2, 0) is 0 Å². The van der Waals surface area contributed by atoms with Gasteiger partial charge in [-0.05, 0) is 6.08 Å². The van der Waals surface area contributed by atoms with Crippen LogP contribution >= 0.6 is 25.3 Å². The maximum absolute atomic E-state index is 5.62. The highest BCUT2D eigenvalue weighted by Gasteiger charge is 2.19. The Balaban J connectivity index is 2.85. The van der Waals surface area contributed by atoms with Gasteiger partial charge < -0.3 is 11.5 Å². The van der Waals surface area contributed by atoms with Gasteiger partial charge in [-0.3, -0.25) is 0 Å². The third-order valence-corrected chi connectivity index (χ3v) is 2.03. The average Bonchev–Trinajstić information content (AvgIpc) is 1.79. The molecular weight excluding hydrogens is 164 g/mol. The van der Waals surface area contributed by atoms with E-state index in [2.05, 4.69) is 25.3 Å². The van der Waals surface area contributed by atoms with Gasteiger partial charge >= 0.3 is 0 Å². The molecule has 1 rings (SSSR count). The predicted molar refractivity (Wildman–Crippen MR) is 50.1 cm³/mol. The molecule has 10 heavy (non-hydrogen) atoms. The first kappa shape index (κ1) is 8.04. The molecule has 0 saturated heterocycles. The van der Waals surface area contributed by atoms with Crippen LogP contribution in [0.25, 0.3) is 0 Å². The van der Waals surface area contributed by atoms with Crippen LogP contribution in [0.15, 0.2) is 23.9 Å². The summed E-state index contributed by atoms with van der Waals surface area (Å²) in [5.74, 6) is 0. The molecule has 2 atom stereocenters. The Hall–Kier alpha value is -0.0600. The monoisotopic (exact) mass is 174 g/mol. The van der Waals surface area contributed by atoms with Gasteiger partial charge in [0.05, 0.1) is 10.1 Å². The summed E-state index contributed by atoms with van der Waals surface area (Å²) in [4.78, 5) is -0.691. The molecule has 0 aliphatic heterocycles. The van der Waals surface area contributed by atoms with E-state index >= 15 is 0 Å². The minimum Gasteiger partial charge on any atom is -0.401 e. The van der Waals surface area contributed by atoms with E-state index in [4.69, 9.17) is 11.5 Å². The van der Waals surface area contributed by atoms with Crippen molar-refractivity contribution in [1.82, 2.24) is 0 Å². The highest BCUT2D eigenvalue weighted by molar-refractivity contribution is 7.82. The van der Waals surface area contributed by atoms with Crippen LogP contribution in [0.1, 0.15) is 0 Å². The molecule has 4 heteroatoms. The Morgan fingerprint density at radius 2 is 2.20 bits per heavy atom. The lowest BCUT2D eigenvalue weighted by molar-refractivity contribution is 0.901. The van der Waals surface area contributed by atoms with Crippen LogP contribution < -0.4 is 11.5 Å². The van der Waals surface area contributed by atoms with Crippen molar-refractivity contribution in [2.45, 2.75) is 10.1 Å². The molecule has 0 aromatic heterocycles. The topological polar surface area (TPSA) is 52.0 Å². The zero-order valence-corrected chi connectivity index (χ0v) is 7.15. The van der Waals surface area contributed by atoms with Gasteiger partial charge in [-0.15, -0.1) is 12.6 Å². The van der Waals surface area contributed by atoms with Crippen LogP contribution in [0.4, 0.5) is 0 Å². The summed E-state index contributed by atoms with van der Waals surface area (Å²) < 4.78 is 0. The molecule has 1 aliphatic carbocycles. The Morgan fingerprint density at radius 3 is 2.60 bits per heavy atom. The van der Waals surface area contributed by atoms with Crippen molar-refractivity contribution < 1.29 is 0 Å². The number of nitrogens with two attached hydrogens (primary N) is 2. The Bertz CT molecular complexity index is 196. The van der Waals surface area contributed by atoms with Gasteiger partial charge in [0, 0.05) is 5.70 Å². The molecule has 0 aromatic rings. The van der Waals surface area contributed by atoms with Gasteiger partial charge in [0.25, 0.3) is 0 Å². The van der Waals surface area contributed by atoms with Gasteiger partial charge in [0.15, 0.2) is 0 Å². The van der Waals surface area contributed by atoms with Crippen molar-refractivity contribution in [3.8, 4) is 0 Å². The molecule has 2 unspecified atom stereocenters. The highest BCUT2D eigenvalue weighted by Crippen LogP contribution is 2.21. The third-order valence-electron chi connectivity index (χ3n) is 1.28. The molecule has 1 aliphatic rings. The van der Waals surface area contributed by atoms with Crippen LogP contribution in [0, 0.1) is 0 Å². The number of thiol groups is 2. The molecule has 0 fully saturated rings. The summed E-state index contributed by atoms with van der Waals surface area (Å²) in [6.45, 7) is 0. The van der Waals surface area contributed by atoms with Crippen molar-refractivity contribution in [1.29, 1.82) is 0 Å². The zero-order chi connectivity index (χ0) is 7.78. The lowest BCUT2D eigenvalue weighted by Gasteiger charge is -2.22. The predicted octanol–water partition coefficient (Wildman–Crippen LogP) is 0.282. The summed E-state index contributed by atoms with van der Waals surface area (Å²) >= 11 is 8.28. The van der Waals surface area contributed by atoms with E-state index in [0.717, 1.165) is 0 Å². The van der Waals surface area contributed by atoms with Crippen molar-refractivity contribution in [2.75, 3.05) is 0 Å². The SMILES string of the molecule is NC1=CC(N)(S)C=CC1S. The van der Waals surface area contributed by atoms with Crippen molar-refractivity contribution in [3.63, 3.8) is 0 Å². The summed E-state index contributed by atoms with van der Waals surface area (Å²) in [5, 5.41) is -0.0103. The van der Waals surface area contributed by atoms with E-state index in [-0.39, 0.29) is 5.25 Å². The first-order valence-corrected chi connectivity index (χ1v) is 3.84. The van der Waals surface area contributed by atoms with E-state index < -0.39 is 4.87 Å². The summed E-state index contributed by atoms with van der Waals surface area (Å²) in [6.07, 6.45) is 5.28. The molecule has 0 spiro atoms. The number of rotatable bonds is 0. The minimum absolute atomic E-state index is 0.0103. The van der Waals surface area contributed by atoms with Crippen LogP contribution in [0.3, 0.4) is 0 Å². The van der Waals surface area contributed by atoms with Gasteiger partial charge in [0.2, 0.25) is 0 Å². The van der Waals surface area contributed by atoms with Gasteiger partial charge in [-0.2, -0.15) is 12.6 Å². The largest absolute Gasteiger partial charge is 0.401 e. The minimum atomic E-state index is -0.691. The second-order valence-electron chi connectivity index (χ2n) is 2.34. The van der Waals surface area contributed by atoms with E-state index in [1.807, 2.05) is 6.08 Å². The first-order chi connectivity index (χ1) is 4.51. The molecule has 0 heterocycles. The van der Waals surface area contributed by atoms with E-state index in [1.54, 1.807) is 12.2 Å². The Kier molecular flexibility index (Phi) is 2.03. The fourth-order valence-electron chi connectivity index (χ4n) is 0.757. The van der Waals surface area contributed by atoms with Gasteiger partial charge in [-0.25, -0.2) is 0 Å². The lowest BCUT2D eigenvalue weighted by Crippen LogP contribution is -2.33. The van der Waals surface area contributed by atoms with E-state index in [0.29, 0.717) is 5.70 Å². The summed E-state index contributed by atoms with van der Waals surface area (Å²) in [6, 6.07) is 0. The molecular formula is C6H10N2S2. The first-order valence-electron chi connectivity index (χ1n) is 2.88. The van der Waals surface area contributed by atoms with E-state index in [9.17, 15) is 0 Å². The van der Waals surface area contributed by atoms with Crippen LogP contribution in [-0.4, -0.2) is 10.1 Å². The second-order valence-corrected chi connectivity index (χ2v) is 3.67. The van der Waals surface area contributed by atoms with Gasteiger partial charge in [0.1, 0.15) is 0 Å². The van der Waals surface area contributed by atoms with Crippen LogP contribution in [0.2, 0.25) is 0 Å². The fourth-order valence-corrected chi connectivity index (χ4v) is 1.15. The van der Waals surface area contributed by atoms with Gasteiger partial charge in [-0.1, -0.05) is 12.2 Å². The molecule has 4 N–H and O–H groups in total. The Morgan fingerprint density at radius 1 is 1.60 bits per heavy atom. The smallest absolute Gasteiger partial charge is 0.0986 e. The molecule has 0 amide bonds. The van der Waals surface area contributed by atoms with Crippen LogP contribution in [0.5, 0.6) is 0 Å².